The molecule has 1 aromatic rings. The van der Waals surface area contributed by atoms with Crippen molar-refractivity contribution in [3.63, 3.8) is 0 Å². The number of hydrogen-bond donors (Lipinski definition) is 2. The predicted octanol–water partition coefficient (Wildman–Crippen LogP) is 1.31. The number of carbonyl (C=O) groups excluding carboxylic acids is 1. The van der Waals surface area contributed by atoms with Gasteiger partial charge in [-0.05, 0) is 18.4 Å². The Morgan fingerprint density at radius 1 is 1.67 bits per heavy atom. The number of nitrogens with one attached hydrogen (secondary N) is 2. The molecule has 1 rings (SSSR count). The Labute approximate surface area is 93.6 Å². The minimum atomic E-state index is -0.0225. The molecule has 1 atom stereocenters. The largest absolute Gasteiger partial charge is 0.383 e. The second-order valence-electron chi connectivity index (χ2n) is 3.29. The first-order chi connectivity index (χ1) is 7.22. The maximum atomic E-state index is 11.4. The zero-order valence-electron chi connectivity index (χ0n) is 8.95. The average Bonchev–Trinajstić information content (AvgIpc) is 2.67. The van der Waals surface area contributed by atoms with Crippen LogP contribution in [0, 0.1) is 0 Å². The van der Waals surface area contributed by atoms with Crippen molar-refractivity contribution >= 4 is 22.9 Å². The summed E-state index contributed by atoms with van der Waals surface area (Å²) in [6.45, 7) is 2.74. The Hall–Kier alpha value is -1.07. The number of ether oxygens (including phenoxy) is 1. The summed E-state index contributed by atoms with van der Waals surface area (Å²) in [7, 11) is 1.62. The molecule has 15 heavy (non-hydrogen) atoms. The highest BCUT2D eigenvalue weighted by Gasteiger charge is 2.06. The van der Waals surface area contributed by atoms with Crippen LogP contribution in [0.25, 0.3) is 0 Å². The van der Waals surface area contributed by atoms with Gasteiger partial charge in [-0.25, -0.2) is 0 Å². The van der Waals surface area contributed by atoms with Gasteiger partial charge in [0.05, 0.1) is 13.2 Å². The number of hydrogen-bond acceptors (Lipinski definition) is 4. The number of methoxy groups -OCH3 is 1. The molecule has 1 amide bonds. The van der Waals surface area contributed by atoms with Crippen LogP contribution in [-0.4, -0.2) is 32.2 Å². The SMILES string of the molecule is COCC(C)NC(=O)CNc1ccsc1. The summed E-state index contributed by atoms with van der Waals surface area (Å²) in [4.78, 5) is 11.4. The highest BCUT2D eigenvalue weighted by molar-refractivity contribution is 7.08. The summed E-state index contributed by atoms with van der Waals surface area (Å²) >= 11 is 1.60. The standard InChI is InChI=1S/C10H16N2O2S/c1-8(6-14-2)12-10(13)5-11-9-3-4-15-7-9/h3-4,7-8,11H,5-6H2,1-2H3,(H,12,13). The molecular formula is C10H16N2O2S. The molecule has 0 fully saturated rings. The van der Waals surface area contributed by atoms with Gasteiger partial charge < -0.3 is 15.4 Å². The zero-order chi connectivity index (χ0) is 11.1. The van der Waals surface area contributed by atoms with Gasteiger partial charge in [0.25, 0.3) is 0 Å². The smallest absolute Gasteiger partial charge is 0.239 e. The molecule has 4 nitrogen and oxygen atoms in total. The molecule has 2 N–H and O–H groups in total. The lowest BCUT2D eigenvalue weighted by Gasteiger charge is -2.12. The number of rotatable bonds is 6. The molecule has 0 bridgehead atoms. The molecule has 0 aliphatic rings. The molecule has 0 aliphatic heterocycles. The van der Waals surface area contributed by atoms with Crippen LogP contribution in [0.5, 0.6) is 0 Å². The Bertz CT molecular complexity index is 288. The lowest BCUT2D eigenvalue weighted by Crippen LogP contribution is -2.38. The van der Waals surface area contributed by atoms with Gasteiger partial charge in [0.1, 0.15) is 0 Å². The van der Waals surface area contributed by atoms with Crippen LogP contribution in [0.4, 0.5) is 5.69 Å². The molecule has 0 saturated carbocycles. The first-order valence-corrected chi connectivity index (χ1v) is 5.71. The molecule has 5 heteroatoms. The van der Waals surface area contributed by atoms with E-state index in [1.807, 2.05) is 23.8 Å². The van der Waals surface area contributed by atoms with Gasteiger partial charge in [0.2, 0.25) is 5.91 Å². The van der Waals surface area contributed by atoms with Crippen molar-refractivity contribution in [2.45, 2.75) is 13.0 Å². The van der Waals surface area contributed by atoms with Crippen LogP contribution >= 0.6 is 11.3 Å². The molecule has 1 unspecified atom stereocenters. The van der Waals surface area contributed by atoms with E-state index in [1.54, 1.807) is 18.4 Å². The van der Waals surface area contributed by atoms with Crippen LogP contribution < -0.4 is 10.6 Å². The summed E-state index contributed by atoms with van der Waals surface area (Å²) in [5, 5.41) is 9.78. The van der Waals surface area contributed by atoms with Crippen molar-refractivity contribution < 1.29 is 9.53 Å². The second-order valence-corrected chi connectivity index (χ2v) is 4.07. The summed E-state index contributed by atoms with van der Waals surface area (Å²) < 4.78 is 4.92. The number of carbonyl (C=O) groups is 1. The van der Waals surface area contributed by atoms with Crippen LogP contribution in [0.3, 0.4) is 0 Å². The summed E-state index contributed by atoms with van der Waals surface area (Å²) in [5.41, 5.74) is 0.981. The quantitative estimate of drug-likeness (QED) is 0.772. The fourth-order valence-corrected chi connectivity index (χ4v) is 1.78. The number of amides is 1. The Balaban J connectivity index is 2.19. The van der Waals surface area contributed by atoms with E-state index in [4.69, 9.17) is 4.74 Å². The highest BCUT2D eigenvalue weighted by atomic mass is 32.1. The van der Waals surface area contributed by atoms with Gasteiger partial charge in [0.15, 0.2) is 0 Å². The van der Waals surface area contributed by atoms with Crippen molar-refractivity contribution in [3.8, 4) is 0 Å². The normalized spacial score (nSPS) is 12.1. The summed E-state index contributed by atoms with van der Waals surface area (Å²) in [6.07, 6.45) is 0. The molecule has 1 heterocycles. The minimum absolute atomic E-state index is 0.0225. The van der Waals surface area contributed by atoms with Gasteiger partial charge in [-0.3, -0.25) is 4.79 Å². The van der Waals surface area contributed by atoms with Crippen LogP contribution in [0.2, 0.25) is 0 Å². The first-order valence-electron chi connectivity index (χ1n) is 4.76. The molecule has 1 aromatic heterocycles. The number of thiophene rings is 1. The molecule has 0 aliphatic carbocycles. The van der Waals surface area contributed by atoms with E-state index < -0.39 is 0 Å². The van der Waals surface area contributed by atoms with E-state index in [2.05, 4.69) is 10.6 Å². The third-order valence-electron chi connectivity index (χ3n) is 1.80. The zero-order valence-corrected chi connectivity index (χ0v) is 9.76. The topological polar surface area (TPSA) is 50.4 Å². The average molecular weight is 228 g/mol. The fourth-order valence-electron chi connectivity index (χ4n) is 1.16. The van der Waals surface area contributed by atoms with Crippen LogP contribution in [0.15, 0.2) is 16.8 Å². The minimum Gasteiger partial charge on any atom is -0.383 e. The van der Waals surface area contributed by atoms with Crippen LogP contribution in [0.1, 0.15) is 6.92 Å². The van der Waals surface area contributed by atoms with Gasteiger partial charge in [-0.2, -0.15) is 11.3 Å². The van der Waals surface area contributed by atoms with Gasteiger partial charge in [0, 0.05) is 24.2 Å². The number of anilines is 1. The van der Waals surface area contributed by atoms with E-state index >= 15 is 0 Å². The Morgan fingerprint density at radius 2 is 2.47 bits per heavy atom. The van der Waals surface area contributed by atoms with Crippen molar-refractivity contribution in [1.82, 2.24) is 5.32 Å². The molecule has 0 spiro atoms. The van der Waals surface area contributed by atoms with E-state index in [1.165, 1.54) is 0 Å². The van der Waals surface area contributed by atoms with Gasteiger partial charge >= 0.3 is 0 Å². The first kappa shape index (κ1) is 12.0. The van der Waals surface area contributed by atoms with Crippen LogP contribution in [-0.2, 0) is 9.53 Å². The monoisotopic (exact) mass is 228 g/mol. The third-order valence-corrected chi connectivity index (χ3v) is 2.48. The fraction of sp³-hybridized carbons (Fsp3) is 0.500. The molecule has 0 aromatic carbocycles. The molecule has 0 radical (unpaired) electrons. The molecule has 84 valence electrons. The van der Waals surface area contributed by atoms with Crippen molar-refractivity contribution in [1.29, 1.82) is 0 Å². The Morgan fingerprint density at radius 3 is 3.07 bits per heavy atom. The van der Waals surface area contributed by atoms with E-state index in [-0.39, 0.29) is 11.9 Å². The van der Waals surface area contributed by atoms with E-state index in [0.717, 1.165) is 5.69 Å². The van der Waals surface area contributed by atoms with Crippen molar-refractivity contribution in [3.05, 3.63) is 16.8 Å². The summed E-state index contributed by atoms with van der Waals surface area (Å²) in [6, 6.07) is 1.99. The Kier molecular flexibility index (Phi) is 5.14. The lowest BCUT2D eigenvalue weighted by atomic mass is 10.3. The maximum absolute atomic E-state index is 11.4. The van der Waals surface area contributed by atoms with E-state index in [0.29, 0.717) is 13.2 Å². The van der Waals surface area contributed by atoms with Gasteiger partial charge in [-0.1, -0.05) is 0 Å². The summed E-state index contributed by atoms with van der Waals surface area (Å²) in [5.74, 6) is -0.0225. The lowest BCUT2D eigenvalue weighted by molar-refractivity contribution is -0.120. The van der Waals surface area contributed by atoms with Crippen molar-refractivity contribution in [2.24, 2.45) is 0 Å². The van der Waals surface area contributed by atoms with Crippen molar-refractivity contribution in [2.75, 3.05) is 25.6 Å². The predicted molar refractivity (Wildman–Crippen MR) is 62.3 cm³/mol. The second kappa shape index (κ2) is 6.42. The highest BCUT2D eigenvalue weighted by Crippen LogP contribution is 2.10. The van der Waals surface area contributed by atoms with E-state index in [9.17, 15) is 4.79 Å². The maximum Gasteiger partial charge on any atom is 0.239 e. The molecule has 0 saturated heterocycles. The third kappa shape index (κ3) is 4.80. The molecular weight excluding hydrogens is 212 g/mol. The van der Waals surface area contributed by atoms with Gasteiger partial charge in [-0.15, -0.1) is 0 Å².